The predicted octanol–water partition coefficient (Wildman–Crippen LogP) is 4.14. The quantitative estimate of drug-likeness (QED) is 0.293. The van der Waals surface area contributed by atoms with Crippen molar-refractivity contribution < 1.29 is 9.50 Å². The smallest absolute Gasteiger partial charge is 0.191 e. The molecule has 3 N–H and O–H groups in total. The van der Waals surface area contributed by atoms with E-state index in [1.54, 1.807) is 26.1 Å². The third-order valence-electron chi connectivity index (χ3n) is 5.72. The van der Waals surface area contributed by atoms with Crippen LogP contribution in [0.25, 0.3) is 0 Å². The summed E-state index contributed by atoms with van der Waals surface area (Å²) in [5, 5.41) is 16.3. The van der Waals surface area contributed by atoms with E-state index in [2.05, 4.69) is 44.8 Å². The Hall–Kier alpha value is -1.71. The molecule has 1 heterocycles. The van der Waals surface area contributed by atoms with Gasteiger partial charge in [-0.15, -0.1) is 24.0 Å². The van der Waals surface area contributed by atoms with Crippen LogP contribution in [0.4, 0.5) is 4.39 Å². The SMILES string of the molecule is CN=C(NCc1ccc(CN2CCC(O)CC2)cc1)NC(C)c1ccc(C)c(F)c1.I. The van der Waals surface area contributed by atoms with E-state index in [0.29, 0.717) is 18.1 Å². The Balaban J connectivity index is 0.00000341. The topological polar surface area (TPSA) is 59.9 Å². The van der Waals surface area contributed by atoms with Crippen molar-refractivity contribution in [3.8, 4) is 0 Å². The number of halogens is 2. The zero-order valence-corrected chi connectivity index (χ0v) is 20.9. The standard InChI is InChI=1S/C24H33FN4O.HI/c1-17-4-9-21(14-23(17)25)18(2)28-24(26-3)27-15-19-5-7-20(8-6-19)16-29-12-10-22(30)11-13-29;/h4-9,14,18,22,30H,10-13,15-16H2,1-3H3,(H2,26,27,28);1H. The second-order valence-corrected chi connectivity index (χ2v) is 8.12. The summed E-state index contributed by atoms with van der Waals surface area (Å²) in [6, 6.07) is 13.8. The minimum absolute atomic E-state index is 0. The minimum atomic E-state index is -0.190. The molecule has 0 bridgehead atoms. The number of hydrogen-bond donors (Lipinski definition) is 3. The van der Waals surface area contributed by atoms with Crippen LogP contribution in [0.5, 0.6) is 0 Å². The van der Waals surface area contributed by atoms with Crippen LogP contribution in [0.15, 0.2) is 47.5 Å². The molecule has 0 aromatic heterocycles. The molecule has 0 radical (unpaired) electrons. The Bertz CT molecular complexity index is 851. The van der Waals surface area contributed by atoms with Gasteiger partial charge in [-0.05, 0) is 55.0 Å². The zero-order valence-electron chi connectivity index (χ0n) is 18.6. The molecule has 5 nitrogen and oxygen atoms in total. The van der Waals surface area contributed by atoms with Gasteiger partial charge in [0.2, 0.25) is 0 Å². The summed E-state index contributed by atoms with van der Waals surface area (Å²) in [6.07, 6.45) is 1.59. The maximum atomic E-state index is 13.8. The van der Waals surface area contributed by atoms with E-state index in [0.717, 1.165) is 38.0 Å². The Morgan fingerprint density at radius 2 is 1.81 bits per heavy atom. The maximum Gasteiger partial charge on any atom is 0.191 e. The summed E-state index contributed by atoms with van der Waals surface area (Å²) in [5.74, 6) is 0.490. The summed E-state index contributed by atoms with van der Waals surface area (Å²) < 4.78 is 13.8. The van der Waals surface area contributed by atoms with Crippen LogP contribution in [0.3, 0.4) is 0 Å². The lowest BCUT2D eigenvalue weighted by Crippen LogP contribution is -2.38. The van der Waals surface area contributed by atoms with Crippen molar-refractivity contribution in [2.24, 2.45) is 4.99 Å². The van der Waals surface area contributed by atoms with E-state index < -0.39 is 0 Å². The first-order valence-corrected chi connectivity index (χ1v) is 10.7. The van der Waals surface area contributed by atoms with Crippen LogP contribution >= 0.6 is 24.0 Å². The fourth-order valence-corrected chi connectivity index (χ4v) is 3.65. The number of rotatable bonds is 6. The predicted molar refractivity (Wildman–Crippen MR) is 135 cm³/mol. The van der Waals surface area contributed by atoms with E-state index in [-0.39, 0.29) is 41.9 Å². The molecule has 1 aliphatic rings. The highest BCUT2D eigenvalue weighted by atomic mass is 127. The number of aliphatic hydroxyl groups excluding tert-OH is 1. The van der Waals surface area contributed by atoms with E-state index in [1.165, 1.54) is 11.1 Å². The van der Waals surface area contributed by atoms with Crippen LogP contribution in [0.2, 0.25) is 0 Å². The number of guanidine groups is 1. The molecule has 2 aromatic carbocycles. The van der Waals surface area contributed by atoms with Crippen LogP contribution in [0, 0.1) is 12.7 Å². The molecule has 1 unspecified atom stereocenters. The number of aliphatic hydroxyl groups is 1. The molecule has 0 saturated carbocycles. The van der Waals surface area contributed by atoms with Crippen molar-refractivity contribution in [3.63, 3.8) is 0 Å². The summed E-state index contributed by atoms with van der Waals surface area (Å²) in [6.45, 7) is 7.25. The number of likely N-dealkylation sites (tertiary alicyclic amines) is 1. The Kier molecular flexibility index (Phi) is 10.2. The molecule has 170 valence electrons. The Morgan fingerprint density at radius 1 is 1.16 bits per heavy atom. The van der Waals surface area contributed by atoms with Gasteiger partial charge in [0.1, 0.15) is 5.82 Å². The van der Waals surface area contributed by atoms with Gasteiger partial charge in [0, 0.05) is 33.2 Å². The first-order chi connectivity index (χ1) is 14.4. The van der Waals surface area contributed by atoms with Crippen molar-refractivity contribution in [2.45, 2.75) is 51.9 Å². The van der Waals surface area contributed by atoms with Gasteiger partial charge in [-0.3, -0.25) is 9.89 Å². The number of nitrogens with zero attached hydrogens (tertiary/aromatic N) is 2. The molecule has 1 fully saturated rings. The van der Waals surface area contributed by atoms with Gasteiger partial charge in [-0.1, -0.05) is 36.4 Å². The number of aryl methyl sites for hydroxylation is 1. The number of nitrogens with one attached hydrogen (secondary N) is 2. The number of piperidine rings is 1. The lowest BCUT2D eigenvalue weighted by atomic mass is 10.1. The van der Waals surface area contributed by atoms with E-state index in [4.69, 9.17) is 0 Å². The lowest BCUT2D eigenvalue weighted by Gasteiger charge is -2.29. The fourth-order valence-electron chi connectivity index (χ4n) is 3.65. The van der Waals surface area contributed by atoms with Crippen molar-refractivity contribution in [2.75, 3.05) is 20.1 Å². The fraction of sp³-hybridized carbons (Fsp3) is 0.458. The van der Waals surface area contributed by atoms with Crippen LogP contribution in [0.1, 0.15) is 48.1 Å². The molecular weight excluding hydrogens is 506 g/mol. The molecule has 31 heavy (non-hydrogen) atoms. The monoisotopic (exact) mass is 540 g/mol. The maximum absolute atomic E-state index is 13.8. The molecule has 0 spiro atoms. The lowest BCUT2D eigenvalue weighted by molar-refractivity contribution is 0.0792. The van der Waals surface area contributed by atoms with E-state index in [9.17, 15) is 9.50 Å². The molecule has 0 aliphatic carbocycles. The Morgan fingerprint density at radius 3 is 2.42 bits per heavy atom. The normalized spacial score (nSPS) is 16.5. The van der Waals surface area contributed by atoms with E-state index >= 15 is 0 Å². The number of aliphatic imine (C=N–C) groups is 1. The van der Waals surface area contributed by atoms with Gasteiger partial charge in [-0.2, -0.15) is 0 Å². The largest absolute Gasteiger partial charge is 0.393 e. The molecule has 1 aliphatic heterocycles. The van der Waals surface area contributed by atoms with Gasteiger partial charge in [0.15, 0.2) is 5.96 Å². The van der Waals surface area contributed by atoms with Gasteiger partial charge in [0.25, 0.3) is 0 Å². The summed E-state index contributed by atoms with van der Waals surface area (Å²) in [5.41, 5.74) is 3.99. The first kappa shape index (κ1) is 25.5. The van der Waals surface area contributed by atoms with Crippen molar-refractivity contribution in [1.82, 2.24) is 15.5 Å². The second kappa shape index (κ2) is 12.4. The van der Waals surface area contributed by atoms with Gasteiger partial charge >= 0.3 is 0 Å². The molecule has 7 heteroatoms. The summed E-state index contributed by atoms with van der Waals surface area (Å²) >= 11 is 0. The Labute approximate surface area is 202 Å². The first-order valence-electron chi connectivity index (χ1n) is 10.7. The molecule has 1 saturated heterocycles. The molecule has 2 aromatic rings. The highest BCUT2D eigenvalue weighted by Gasteiger charge is 2.16. The van der Waals surface area contributed by atoms with Crippen LogP contribution in [-0.4, -0.2) is 42.2 Å². The summed E-state index contributed by atoms with van der Waals surface area (Å²) in [4.78, 5) is 6.67. The average molecular weight is 540 g/mol. The zero-order chi connectivity index (χ0) is 21.5. The number of benzene rings is 2. The average Bonchev–Trinajstić information content (AvgIpc) is 2.75. The molecule has 0 amide bonds. The van der Waals surface area contributed by atoms with Gasteiger partial charge < -0.3 is 15.7 Å². The minimum Gasteiger partial charge on any atom is -0.393 e. The highest BCUT2D eigenvalue weighted by Crippen LogP contribution is 2.17. The molecule has 1 atom stereocenters. The van der Waals surface area contributed by atoms with Crippen LogP contribution in [-0.2, 0) is 13.1 Å². The molecular formula is C24H34FIN4O. The van der Waals surface area contributed by atoms with Crippen molar-refractivity contribution in [3.05, 3.63) is 70.5 Å². The molecule has 3 rings (SSSR count). The third kappa shape index (κ3) is 7.73. The van der Waals surface area contributed by atoms with Gasteiger partial charge in [-0.25, -0.2) is 4.39 Å². The van der Waals surface area contributed by atoms with Crippen molar-refractivity contribution >= 4 is 29.9 Å². The number of hydrogen-bond acceptors (Lipinski definition) is 3. The van der Waals surface area contributed by atoms with E-state index in [1.807, 2.05) is 13.0 Å². The second-order valence-electron chi connectivity index (χ2n) is 8.12. The summed E-state index contributed by atoms with van der Waals surface area (Å²) in [7, 11) is 1.73. The van der Waals surface area contributed by atoms with Gasteiger partial charge in [0.05, 0.1) is 12.1 Å². The van der Waals surface area contributed by atoms with Crippen LogP contribution < -0.4 is 10.6 Å². The highest BCUT2D eigenvalue weighted by molar-refractivity contribution is 14.0. The van der Waals surface area contributed by atoms with Crippen molar-refractivity contribution in [1.29, 1.82) is 0 Å². The third-order valence-corrected chi connectivity index (χ3v) is 5.72.